The maximum atomic E-state index is 12.7. The van der Waals surface area contributed by atoms with Gasteiger partial charge < -0.3 is 10.2 Å². The molecule has 1 aliphatic rings. The summed E-state index contributed by atoms with van der Waals surface area (Å²) in [5.41, 5.74) is 4.61. The van der Waals surface area contributed by atoms with Crippen LogP contribution >= 0.6 is 0 Å². The lowest BCUT2D eigenvalue weighted by Crippen LogP contribution is -2.36. The fourth-order valence-corrected chi connectivity index (χ4v) is 5.39. The SMILES string of the molecule is CCN(CC)c1ccc(/C=N\NC(=O)CNC(=O)c2ccc(S(=O)(=O)N3CCCCC3)cc2)cc1. The number of rotatable bonds is 10. The van der Waals surface area contributed by atoms with Crippen LogP contribution in [0.25, 0.3) is 0 Å². The predicted octanol–water partition coefficient (Wildman–Crippen LogP) is 2.59. The minimum atomic E-state index is -3.55. The zero-order valence-electron chi connectivity index (χ0n) is 20.2. The number of carbonyl (C=O) groups is 2. The number of anilines is 1. The Morgan fingerprint density at radius 1 is 0.971 bits per heavy atom. The van der Waals surface area contributed by atoms with E-state index >= 15 is 0 Å². The van der Waals surface area contributed by atoms with Crippen molar-refractivity contribution >= 4 is 33.7 Å². The average molecular weight is 500 g/mol. The Kier molecular flexibility index (Phi) is 9.39. The molecule has 188 valence electrons. The van der Waals surface area contributed by atoms with E-state index in [-0.39, 0.29) is 17.0 Å². The number of hydrazone groups is 1. The third-order valence-corrected chi connectivity index (χ3v) is 7.82. The molecule has 0 radical (unpaired) electrons. The first-order chi connectivity index (χ1) is 16.8. The monoisotopic (exact) mass is 499 g/mol. The minimum absolute atomic E-state index is 0.160. The zero-order chi connectivity index (χ0) is 25.3. The van der Waals surface area contributed by atoms with E-state index < -0.39 is 21.8 Å². The second kappa shape index (κ2) is 12.5. The molecule has 2 amide bonds. The highest BCUT2D eigenvalue weighted by Crippen LogP contribution is 2.21. The van der Waals surface area contributed by atoms with Crippen molar-refractivity contribution in [2.45, 2.75) is 38.0 Å². The first-order valence-electron chi connectivity index (χ1n) is 11.9. The number of sulfonamides is 1. The van der Waals surface area contributed by atoms with Crippen LogP contribution < -0.4 is 15.6 Å². The summed E-state index contributed by atoms with van der Waals surface area (Å²) in [7, 11) is -3.55. The van der Waals surface area contributed by atoms with E-state index in [9.17, 15) is 18.0 Å². The second-order valence-corrected chi connectivity index (χ2v) is 10.2. The first-order valence-corrected chi connectivity index (χ1v) is 13.3. The van der Waals surface area contributed by atoms with Gasteiger partial charge in [0.1, 0.15) is 0 Å². The molecule has 1 heterocycles. The number of nitrogens with zero attached hydrogens (tertiary/aromatic N) is 3. The van der Waals surface area contributed by atoms with Gasteiger partial charge in [-0.15, -0.1) is 0 Å². The van der Waals surface area contributed by atoms with Crippen molar-refractivity contribution in [2.75, 3.05) is 37.6 Å². The number of amides is 2. The van der Waals surface area contributed by atoms with Crippen LogP contribution in [-0.2, 0) is 14.8 Å². The third kappa shape index (κ3) is 7.12. The fraction of sp³-hybridized carbons (Fsp3) is 0.400. The maximum absolute atomic E-state index is 12.7. The molecule has 0 spiro atoms. The van der Waals surface area contributed by atoms with Gasteiger partial charge in [-0.2, -0.15) is 9.41 Å². The Hall–Kier alpha value is -3.24. The molecular weight excluding hydrogens is 466 g/mol. The summed E-state index contributed by atoms with van der Waals surface area (Å²) in [6.45, 7) is 6.83. The molecular formula is C25H33N5O4S. The van der Waals surface area contributed by atoms with Gasteiger partial charge in [-0.1, -0.05) is 18.6 Å². The highest BCUT2D eigenvalue weighted by molar-refractivity contribution is 7.89. The molecule has 0 aromatic heterocycles. The third-order valence-electron chi connectivity index (χ3n) is 5.90. The van der Waals surface area contributed by atoms with E-state index in [1.54, 1.807) is 0 Å². The van der Waals surface area contributed by atoms with Gasteiger partial charge in [-0.05, 0) is 68.7 Å². The van der Waals surface area contributed by atoms with Crippen molar-refractivity contribution in [1.82, 2.24) is 15.0 Å². The largest absolute Gasteiger partial charge is 0.372 e. The van der Waals surface area contributed by atoms with E-state index in [1.807, 2.05) is 24.3 Å². The number of piperidine rings is 1. The molecule has 1 saturated heterocycles. The Balaban J connectivity index is 1.47. The summed E-state index contributed by atoms with van der Waals surface area (Å²) >= 11 is 0. The van der Waals surface area contributed by atoms with Gasteiger partial charge in [0.05, 0.1) is 17.7 Å². The van der Waals surface area contributed by atoms with E-state index in [0.29, 0.717) is 13.1 Å². The second-order valence-electron chi connectivity index (χ2n) is 8.23. The van der Waals surface area contributed by atoms with Crippen LogP contribution in [-0.4, -0.2) is 63.5 Å². The molecule has 35 heavy (non-hydrogen) atoms. The molecule has 2 aromatic carbocycles. The molecule has 0 unspecified atom stereocenters. The number of nitrogens with one attached hydrogen (secondary N) is 2. The van der Waals surface area contributed by atoms with Crippen molar-refractivity contribution in [2.24, 2.45) is 5.10 Å². The number of benzene rings is 2. The highest BCUT2D eigenvalue weighted by atomic mass is 32.2. The summed E-state index contributed by atoms with van der Waals surface area (Å²) in [5, 5.41) is 6.44. The molecule has 0 atom stereocenters. The molecule has 1 aliphatic heterocycles. The van der Waals surface area contributed by atoms with E-state index in [1.165, 1.54) is 34.8 Å². The number of hydrogen-bond donors (Lipinski definition) is 2. The van der Waals surface area contributed by atoms with E-state index in [2.05, 4.69) is 34.6 Å². The van der Waals surface area contributed by atoms with Crippen molar-refractivity contribution < 1.29 is 18.0 Å². The van der Waals surface area contributed by atoms with Gasteiger partial charge in [0.15, 0.2) is 0 Å². The lowest BCUT2D eigenvalue weighted by Gasteiger charge is -2.25. The molecule has 9 nitrogen and oxygen atoms in total. The molecule has 1 fully saturated rings. The topological polar surface area (TPSA) is 111 Å². The molecule has 0 bridgehead atoms. The molecule has 2 aromatic rings. The summed E-state index contributed by atoms with van der Waals surface area (Å²) in [4.78, 5) is 26.8. The van der Waals surface area contributed by atoms with Crippen LogP contribution in [0.4, 0.5) is 5.69 Å². The molecule has 0 aliphatic carbocycles. The molecule has 2 N–H and O–H groups in total. The van der Waals surface area contributed by atoms with Gasteiger partial charge >= 0.3 is 0 Å². The zero-order valence-corrected chi connectivity index (χ0v) is 21.1. The minimum Gasteiger partial charge on any atom is -0.372 e. The Morgan fingerprint density at radius 2 is 1.60 bits per heavy atom. The van der Waals surface area contributed by atoms with Crippen LogP contribution in [0.2, 0.25) is 0 Å². The summed E-state index contributed by atoms with van der Waals surface area (Å²) < 4.78 is 26.9. The average Bonchev–Trinajstić information content (AvgIpc) is 2.89. The lowest BCUT2D eigenvalue weighted by molar-refractivity contribution is -0.120. The fourth-order valence-electron chi connectivity index (χ4n) is 3.87. The molecule has 3 rings (SSSR count). The van der Waals surface area contributed by atoms with Crippen LogP contribution in [0.5, 0.6) is 0 Å². The predicted molar refractivity (Wildman–Crippen MR) is 137 cm³/mol. The lowest BCUT2D eigenvalue weighted by atomic mass is 10.2. The number of hydrogen-bond acceptors (Lipinski definition) is 6. The summed E-state index contributed by atoms with van der Waals surface area (Å²) in [5.74, 6) is -0.948. The maximum Gasteiger partial charge on any atom is 0.259 e. The smallest absolute Gasteiger partial charge is 0.259 e. The van der Waals surface area contributed by atoms with Gasteiger partial charge in [0.2, 0.25) is 10.0 Å². The summed E-state index contributed by atoms with van der Waals surface area (Å²) in [6, 6.07) is 13.6. The van der Waals surface area contributed by atoms with Crippen LogP contribution in [0.3, 0.4) is 0 Å². The Labute approximate surface area is 207 Å². The normalized spacial score (nSPS) is 14.6. The Morgan fingerprint density at radius 3 is 2.20 bits per heavy atom. The highest BCUT2D eigenvalue weighted by Gasteiger charge is 2.25. The Bertz CT molecular complexity index is 1120. The van der Waals surface area contributed by atoms with Crippen molar-refractivity contribution in [3.8, 4) is 0 Å². The molecule has 10 heteroatoms. The van der Waals surface area contributed by atoms with Gasteiger partial charge in [-0.25, -0.2) is 13.8 Å². The van der Waals surface area contributed by atoms with Crippen molar-refractivity contribution in [1.29, 1.82) is 0 Å². The van der Waals surface area contributed by atoms with Crippen molar-refractivity contribution in [3.63, 3.8) is 0 Å². The van der Waals surface area contributed by atoms with Crippen LogP contribution in [0.15, 0.2) is 58.5 Å². The summed E-state index contributed by atoms with van der Waals surface area (Å²) in [6.07, 6.45) is 4.28. The first kappa shape index (κ1) is 26.4. The van der Waals surface area contributed by atoms with Gasteiger partial charge in [0, 0.05) is 37.4 Å². The quantitative estimate of drug-likeness (QED) is 0.386. The standard InChI is InChI=1S/C25H33N5O4S/c1-3-29(4-2)22-12-8-20(9-13-22)18-27-28-24(31)19-26-25(32)21-10-14-23(15-11-21)35(33,34)30-16-6-5-7-17-30/h8-15,18H,3-7,16-17,19H2,1-2H3,(H,26,32)(H,28,31)/b27-18-. The van der Waals surface area contributed by atoms with E-state index in [4.69, 9.17) is 0 Å². The molecule has 0 saturated carbocycles. The van der Waals surface area contributed by atoms with E-state index in [0.717, 1.165) is 43.6 Å². The van der Waals surface area contributed by atoms with Crippen LogP contribution in [0.1, 0.15) is 49.0 Å². The number of carbonyl (C=O) groups excluding carboxylic acids is 2. The van der Waals surface area contributed by atoms with Gasteiger partial charge in [-0.3, -0.25) is 9.59 Å². The van der Waals surface area contributed by atoms with Gasteiger partial charge in [0.25, 0.3) is 11.8 Å². The van der Waals surface area contributed by atoms with Crippen LogP contribution in [0, 0.1) is 0 Å². The van der Waals surface area contributed by atoms with Crippen molar-refractivity contribution in [3.05, 3.63) is 59.7 Å².